The van der Waals surface area contributed by atoms with Gasteiger partial charge in [0.05, 0.1) is 5.69 Å². The molecule has 13 nitrogen and oxygen atoms in total. The number of hydrogen-bond acceptors (Lipinski definition) is 9. The predicted octanol–water partition coefficient (Wildman–Crippen LogP) is 6.18. The Labute approximate surface area is 316 Å². The van der Waals surface area contributed by atoms with Gasteiger partial charge in [0.2, 0.25) is 11.5 Å². The molecule has 0 spiro atoms. The largest absolute Gasteiger partial charge is 0.416 e. The van der Waals surface area contributed by atoms with Crippen LogP contribution in [-0.2, 0) is 6.42 Å². The molecular weight excluding hydrogens is 702 g/mol. The summed E-state index contributed by atoms with van der Waals surface area (Å²) in [5.74, 6) is 0.827. The highest BCUT2D eigenvalue weighted by molar-refractivity contribution is 5.98. The average molecular weight is 742 g/mol. The van der Waals surface area contributed by atoms with Crippen LogP contribution in [0.15, 0.2) is 94.0 Å². The number of fused-ring (bicyclic) bond motifs is 2. The summed E-state index contributed by atoms with van der Waals surface area (Å²) in [6, 6.07) is 24.2. The van der Waals surface area contributed by atoms with Gasteiger partial charge in [-0.1, -0.05) is 61.5 Å². The van der Waals surface area contributed by atoms with Crippen LogP contribution in [0.25, 0.3) is 34.3 Å². The summed E-state index contributed by atoms with van der Waals surface area (Å²) in [6.07, 6.45) is 3.66. The fourth-order valence-corrected chi connectivity index (χ4v) is 7.89. The SMILES string of the molecule is CC(Cc1cccc(C2CCN(C(=O)c3oc4ncnn4c3-c3ccccc3)CC2)c1)c1c(C(=O)N2CCN(C)CC2)oc2nc(-c3ccc(F)cc3)nn12. The highest BCUT2D eigenvalue weighted by Gasteiger charge is 2.33. The number of carbonyl (C=O) groups excluding carboxylic acids is 2. The van der Waals surface area contributed by atoms with Crippen LogP contribution in [0.5, 0.6) is 0 Å². The van der Waals surface area contributed by atoms with Crippen molar-refractivity contribution in [3.63, 3.8) is 0 Å². The van der Waals surface area contributed by atoms with Gasteiger partial charge in [0, 0.05) is 56.3 Å². The van der Waals surface area contributed by atoms with Crippen LogP contribution in [0.4, 0.5) is 4.39 Å². The van der Waals surface area contributed by atoms with E-state index in [1.807, 2.05) is 47.2 Å². The summed E-state index contributed by atoms with van der Waals surface area (Å²) in [5.41, 5.74) is 5.08. The lowest BCUT2D eigenvalue weighted by atomic mass is 9.87. The van der Waals surface area contributed by atoms with E-state index in [1.54, 1.807) is 21.2 Å². The molecule has 2 aliphatic rings. The van der Waals surface area contributed by atoms with Gasteiger partial charge < -0.3 is 23.5 Å². The lowest BCUT2D eigenvalue weighted by Crippen LogP contribution is -2.47. The van der Waals surface area contributed by atoms with E-state index in [1.165, 1.54) is 24.0 Å². The number of likely N-dealkylation sites (N-methyl/N-ethyl adjacent to an activating group) is 1. The van der Waals surface area contributed by atoms with Crippen LogP contribution in [0, 0.1) is 5.82 Å². The van der Waals surface area contributed by atoms with E-state index in [4.69, 9.17) is 13.9 Å². The molecule has 2 fully saturated rings. The number of carbonyl (C=O) groups is 2. The number of amides is 2. The second-order valence-electron chi connectivity index (χ2n) is 14.6. The van der Waals surface area contributed by atoms with Crippen molar-refractivity contribution in [1.29, 1.82) is 0 Å². The number of piperazine rings is 1. The summed E-state index contributed by atoms with van der Waals surface area (Å²) >= 11 is 0. The van der Waals surface area contributed by atoms with Gasteiger partial charge in [0.25, 0.3) is 11.8 Å². The van der Waals surface area contributed by atoms with Crippen molar-refractivity contribution in [2.24, 2.45) is 0 Å². The molecule has 2 aliphatic heterocycles. The molecule has 0 N–H and O–H groups in total. The topological polar surface area (TPSA) is 131 Å². The molecule has 1 unspecified atom stereocenters. The van der Waals surface area contributed by atoms with Gasteiger partial charge in [-0.3, -0.25) is 9.59 Å². The average Bonchev–Trinajstić information content (AvgIpc) is 3.99. The van der Waals surface area contributed by atoms with Crippen LogP contribution in [-0.4, -0.2) is 102 Å². The number of oxazole rings is 2. The van der Waals surface area contributed by atoms with E-state index >= 15 is 0 Å². The van der Waals surface area contributed by atoms with E-state index in [-0.39, 0.29) is 52.7 Å². The van der Waals surface area contributed by atoms with Crippen LogP contribution < -0.4 is 0 Å². The minimum Gasteiger partial charge on any atom is -0.416 e. The number of benzene rings is 3. The van der Waals surface area contributed by atoms with Crippen LogP contribution >= 0.6 is 0 Å². The normalized spacial score (nSPS) is 16.3. The van der Waals surface area contributed by atoms with Crippen molar-refractivity contribution in [2.45, 2.75) is 38.0 Å². The van der Waals surface area contributed by atoms with Crippen LogP contribution in [0.2, 0.25) is 0 Å². The van der Waals surface area contributed by atoms with Gasteiger partial charge in [0.1, 0.15) is 17.8 Å². The maximum Gasteiger partial charge on any atom is 0.325 e. The van der Waals surface area contributed by atoms with E-state index in [0.29, 0.717) is 55.4 Å². The molecule has 0 aliphatic carbocycles. The van der Waals surface area contributed by atoms with Crippen molar-refractivity contribution in [3.8, 4) is 22.6 Å². The third-order valence-corrected chi connectivity index (χ3v) is 10.9. The number of rotatable bonds is 8. The number of hydrogen-bond donors (Lipinski definition) is 0. The van der Waals surface area contributed by atoms with Gasteiger partial charge in [-0.25, -0.2) is 4.39 Å². The first-order chi connectivity index (χ1) is 26.8. The molecule has 280 valence electrons. The molecule has 0 radical (unpaired) electrons. The Morgan fingerprint density at radius 2 is 1.51 bits per heavy atom. The monoisotopic (exact) mass is 741 g/mol. The van der Waals surface area contributed by atoms with Crippen molar-refractivity contribution in [2.75, 3.05) is 46.3 Å². The van der Waals surface area contributed by atoms with E-state index < -0.39 is 0 Å². The second-order valence-corrected chi connectivity index (χ2v) is 14.6. The Balaban J connectivity index is 0.937. The number of likely N-dealkylation sites (tertiary alicyclic amines) is 1. The summed E-state index contributed by atoms with van der Waals surface area (Å²) in [5, 5.41) is 9.07. The smallest absolute Gasteiger partial charge is 0.325 e. The zero-order chi connectivity index (χ0) is 37.6. The lowest BCUT2D eigenvalue weighted by molar-refractivity contribution is 0.0631. The summed E-state index contributed by atoms with van der Waals surface area (Å²) in [6.45, 7) is 6.02. The number of halogens is 1. The van der Waals surface area contributed by atoms with Crippen molar-refractivity contribution < 1.29 is 22.8 Å². The molecule has 0 saturated carbocycles. The predicted molar refractivity (Wildman–Crippen MR) is 201 cm³/mol. The molecule has 4 aromatic heterocycles. The van der Waals surface area contributed by atoms with E-state index in [0.717, 1.165) is 37.1 Å². The molecule has 7 aromatic rings. The summed E-state index contributed by atoms with van der Waals surface area (Å²) in [4.78, 5) is 42.5. The fraction of sp³-hybridized carbons (Fsp3) is 0.317. The molecule has 9 rings (SSSR count). The molecule has 2 saturated heterocycles. The first-order valence-electron chi connectivity index (χ1n) is 18.7. The second kappa shape index (κ2) is 14.3. The molecule has 6 heterocycles. The van der Waals surface area contributed by atoms with Gasteiger partial charge >= 0.3 is 11.7 Å². The van der Waals surface area contributed by atoms with Gasteiger partial charge in [0.15, 0.2) is 5.82 Å². The minimum absolute atomic E-state index is 0.159. The molecule has 14 heteroatoms. The number of piperidine rings is 1. The minimum atomic E-state index is -0.345. The van der Waals surface area contributed by atoms with E-state index in [9.17, 15) is 14.0 Å². The first kappa shape index (κ1) is 34.6. The number of nitrogens with zero attached hydrogens (tertiary/aromatic N) is 9. The Kier molecular flexibility index (Phi) is 8.97. The van der Waals surface area contributed by atoms with Crippen molar-refractivity contribution >= 4 is 23.5 Å². The maximum atomic E-state index is 14.0. The quantitative estimate of drug-likeness (QED) is 0.179. The third-order valence-electron chi connectivity index (χ3n) is 10.9. The van der Waals surface area contributed by atoms with Crippen LogP contribution in [0.1, 0.15) is 69.5 Å². The highest BCUT2D eigenvalue weighted by atomic mass is 19.1. The Morgan fingerprint density at radius 3 is 2.27 bits per heavy atom. The molecule has 2 amide bonds. The lowest BCUT2D eigenvalue weighted by Gasteiger charge is -2.32. The number of aromatic nitrogens is 6. The Hall–Kier alpha value is -6.15. The van der Waals surface area contributed by atoms with Gasteiger partial charge in [-0.05, 0) is 67.6 Å². The molecule has 3 aromatic carbocycles. The molecule has 0 bridgehead atoms. The summed E-state index contributed by atoms with van der Waals surface area (Å²) in [7, 11) is 2.05. The van der Waals surface area contributed by atoms with Crippen LogP contribution in [0.3, 0.4) is 0 Å². The zero-order valence-electron chi connectivity index (χ0n) is 30.6. The standard InChI is InChI=1S/C41H40FN9O4/c1-26(33-35(38(52)49-21-19-47(2)20-22-49)55-41-45-37(46-51(33)41)30-11-13-32(42)14-12-30)23-27-7-6-10-31(24-27)28-15-17-48(18-16-28)39(53)36-34(29-8-4-3-5-9-29)50-40(54-36)43-25-44-50/h3-14,24-26,28H,15-23H2,1-2H3. The van der Waals surface area contributed by atoms with Crippen molar-refractivity contribution in [3.05, 3.63) is 119 Å². The Bertz CT molecular complexity index is 2490. The third kappa shape index (κ3) is 6.56. The molecule has 55 heavy (non-hydrogen) atoms. The van der Waals surface area contributed by atoms with E-state index in [2.05, 4.69) is 51.2 Å². The summed E-state index contributed by atoms with van der Waals surface area (Å²) < 4.78 is 29.1. The molecular formula is C41H40FN9O4. The van der Waals surface area contributed by atoms with Gasteiger partial charge in [-0.15, -0.1) is 5.10 Å². The van der Waals surface area contributed by atoms with Gasteiger partial charge in [-0.2, -0.15) is 24.1 Å². The van der Waals surface area contributed by atoms with Crippen molar-refractivity contribution in [1.82, 2.24) is 43.9 Å². The molecule has 1 atom stereocenters. The maximum absolute atomic E-state index is 14.0. The highest BCUT2D eigenvalue weighted by Crippen LogP contribution is 2.34. The first-order valence-corrected chi connectivity index (χ1v) is 18.7. The Morgan fingerprint density at radius 1 is 0.800 bits per heavy atom. The fourth-order valence-electron chi connectivity index (χ4n) is 7.89. The zero-order valence-corrected chi connectivity index (χ0v) is 30.6.